The zero-order valence-electron chi connectivity index (χ0n) is 12.2. The van der Waals surface area contributed by atoms with Crippen molar-refractivity contribution in [3.8, 4) is 11.3 Å². The fourth-order valence-electron chi connectivity index (χ4n) is 3.41. The summed E-state index contributed by atoms with van der Waals surface area (Å²) >= 11 is 0. The van der Waals surface area contributed by atoms with Crippen LogP contribution in [0, 0.1) is 11.6 Å². The Kier molecular flexibility index (Phi) is 3.37. The van der Waals surface area contributed by atoms with E-state index in [9.17, 15) is 13.6 Å². The summed E-state index contributed by atoms with van der Waals surface area (Å²) in [5, 5.41) is 6.33. The molecule has 1 aromatic heterocycles. The molecule has 4 rings (SSSR count). The van der Waals surface area contributed by atoms with Crippen LogP contribution in [0.25, 0.3) is 11.3 Å². The monoisotopic (exact) mass is 319 g/mol. The van der Waals surface area contributed by atoms with Gasteiger partial charge in [-0.05, 0) is 31.4 Å². The largest absolute Gasteiger partial charge is 0.432 e. The van der Waals surface area contributed by atoms with Crippen LogP contribution >= 0.6 is 0 Å². The van der Waals surface area contributed by atoms with Crippen LogP contribution in [-0.4, -0.2) is 29.0 Å². The van der Waals surface area contributed by atoms with Crippen molar-refractivity contribution in [3.63, 3.8) is 0 Å². The first-order valence-corrected chi connectivity index (χ1v) is 7.58. The van der Waals surface area contributed by atoms with E-state index in [0.29, 0.717) is 12.1 Å². The fourth-order valence-corrected chi connectivity index (χ4v) is 3.41. The van der Waals surface area contributed by atoms with Crippen molar-refractivity contribution in [2.45, 2.75) is 37.4 Å². The molecule has 7 heteroatoms. The molecule has 23 heavy (non-hydrogen) atoms. The van der Waals surface area contributed by atoms with E-state index in [-0.39, 0.29) is 23.3 Å². The highest BCUT2D eigenvalue weighted by Gasteiger charge is 2.40. The van der Waals surface area contributed by atoms with Gasteiger partial charge in [0.25, 0.3) is 5.89 Å². The summed E-state index contributed by atoms with van der Waals surface area (Å²) in [5.74, 6) is -1.87. The quantitative estimate of drug-likeness (QED) is 0.910. The molecule has 0 radical (unpaired) electrons. The molecule has 2 aromatic rings. The number of amides is 1. The van der Waals surface area contributed by atoms with Crippen LogP contribution in [0.15, 0.2) is 28.8 Å². The Morgan fingerprint density at radius 2 is 2.22 bits per heavy atom. The van der Waals surface area contributed by atoms with Gasteiger partial charge in [-0.1, -0.05) is 0 Å². The van der Waals surface area contributed by atoms with Crippen LogP contribution in [0.5, 0.6) is 0 Å². The van der Waals surface area contributed by atoms with Crippen molar-refractivity contribution in [2.24, 2.45) is 0 Å². The lowest BCUT2D eigenvalue weighted by molar-refractivity contribution is 0.0896. The molecule has 0 saturated carbocycles. The summed E-state index contributed by atoms with van der Waals surface area (Å²) in [6.45, 7) is 0. The number of rotatable bonds is 3. The average molecular weight is 319 g/mol. The predicted octanol–water partition coefficient (Wildman–Crippen LogP) is 2.24. The lowest BCUT2D eigenvalue weighted by Crippen LogP contribution is -2.43. The minimum atomic E-state index is -0.759. The minimum Gasteiger partial charge on any atom is -0.432 e. The molecule has 2 aliphatic heterocycles. The summed E-state index contributed by atoms with van der Waals surface area (Å²) in [7, 11) is 0. The minimum absolute atomic E-state index is 0.0687. The topological polar surface area (TPSA) is 67.2 Å². The van der Waals surface area contributed by atoms with Crippen molar-refractivity contribution in [2.75, 3.05) is 0 Å². The molecule has 2 aliphatic rings. The Hall–Kier alpha value is -2.28. The van der Waals surface area contributed by atoms with Gasteiger partial charge in [-0.25, -0.2) is 13.8 Å². The molecule has 5 nitrogen and oxygen atoms in total. The molecule has 2 fully saturated rings. The van der Waals surface area contributed by atoms with E-state index >= 15 is 0 Å². The van der Waals surface area contributed by atoms with E-state index < -0.39 is 17.5 Å². The Balaban J connectivity index is 1.50. The second-order valence-electron chi connectivity index (χ2n) is 6.02. The molecule has 0 unspecified atom stereocenters. The average Bonchev–Trinajstić information content (AvgIpc) is 3.23. The second kappa shape index (κ2) is 5.42. The second-order valence-corrected chi connectivity index (χ2v) is 6.02. The standard InChI is InChI=1S/C16H15F2N3O2/c17-8-1-3-10(11(18)5-8)14-7-19-16(23-14)15(22)21-13-6-9-2-4-12(13)20-9/h1,3,5,7,9,12-13,20H,2,4,6H2,(H,21,22)/t9-,12+,13-/m1/s1. The smallest absolute Gasteiger partial charge is 0.307 e. The van der Waals surface area contributed by atoms with Gasteiger partial charge >= 0.3 is 5.91 Å². The van der Waals surface area contributed by atoms with Crippen molar-refractivity contribution in [1.29, 1.82) is 0 Å². The summed E-state index contributed by atoms with van der Waals surface area (Å²) < 4.78 is 32.0. The molecular formula is C16H15F2N3O2. The van der Waals surface area contributed by atoms with Gasteiger partial charge in [-0.3, -0.25) is 4.79 Å². The van der Waals surface area contributed by atoms with Gasteiger partial charge < -0.3 is 15.1 Å². The number of halogens is 2. The molecule has 3 heterocycles. The predicted molar refractivity (Wildman–Crippen MR) is 77.7 cm³/mol. The van der Waals surface area contributed by atoms with Crippen molar-refractivity contribution in [3.05, 3.63) is 41.9 Å². The summed E-state index contributed by atoms with van der Waals surface area (Å²) in [6, 6.07) is 3.98. The van der Waals surface area contributed by atoms with Gasteiger partial charge in [0.1, 0.15) is 11.6 Å². The summed E-state index contributed by atoms with van der Waals surface area (Å²) in [4.78, 5) is 16.1. The molecule has 2 saturated heterocycles. The SMILES string of the molecule is O=C(N[C@@H]1C[C@H]2CC[C@@H]1N2)c1ncc(-c2ccc(F)cc2F)o1. The fraction of sp³-hybridized carbons (Fsp3) is 0.375. The van der Waals surface area contributed by atoms with Crippen molar-refractivity contribution >= 4 is 5.91 Å². The molecule has 1 amide bonds. The molecule has 0 aliphatic carbocycles. The van der Waals surface area contributed by atoms with E-state index in [2.05, 4.69) is 15.6 Å². The van der Waals surface area contributed by atoms with Gasteiger partial charge in [0, 0.05) is 24.2 Å². The Labute approximate surface area is 131 Å². The number of fused-ring (bicyclic) bond motifs is 2. The van der Waals surface area contributed by atoms with Crippen LogP contribution in [0.4, 0.5) is 8.78 Å². The van der Waals surface area contributed by atoms with E-state index in [1.54, 1.807) is 0 Å². The third-order valence-corrected chi connectivity index (χ3v) is 4.51. The zero-order valence-corrected chi connectivity index (χ0v) is 12.2. The maximum Gasteiger partial charge on any atom is 0.307 e. The van der Waals surface area contributed by atoms with Crippen LogP contribution in [0.1, 0.15) is 29.9 Å². The molecule has 0 spiro atoms. The highest BCUT2D eigenvalue weighted by atomic mass is 19.1. The third kappa shape index (κ3) is 2.61. The number of hydrogen-bond donors (Lipinski definition) is 2. The summed E-state index contributed by atoms with van der Waals surface area (Å²) in [6.07, 6.45) is 4.36. The molecule has 2 bridgehead atoms. The number of oxazole rings is 1. The van der Waals surface area contributed by atoms with E-state index in [0.717, 1.165) is 31.4 Å². The lowest BCUT2D eigenvalue weighted by atomic mass is 9.95. The van der Waals surface area contributed by atoms with Crippen LogP contribution in [0.2, 0.25) is 0 Å². The summed E-state index contributed by atoms with van der Waals surface area (Å²) in [5.41, 5.74) is 0.0690. The number of nitrogens with zero attached hydrogens (tertiary/aromatic N) is 1. The normalized spacial score (nSPS) is 25.7. The third-order valence-electron chi connectivity index (χ3n) is 4.51. The van der Waals surface area contributed by atoms with E-state index in [4.69, 9.17) is 4.42 Å². The first-order chi connectivity index (χ1) is 11.1. The van der Waals surface area contributed by atoms with E-state index in [1.165, 1.54) is 12.3 Å². The number of aromatic nitrogens is 1. The molecular weight excluding hydrogens is 304 g/mol. The van der Waals surface area contributed by atoms with Gasteiger partial charge in [0.2, 0.25) is 0 Å². The maximum atomic E-state index is 13.7. The van der Waals surface area contributed by atoms with Crippen LogP contribution in [-0.2, 0) is 0 Å². The first-order valence-electron chi connectivity index (χ1n) is 7.58. The van der Waals surface area contributed by atoms with Crippen LogP contribution < -0.4 is 10.6 Å². The number of hydrogen-bond acceptors (Lipinski definition) is 4. The highest BCUT2D eigenvalue weighted by Crippen LogP contribution is 2.29. The molecule has 1 aromatic carbocycles. The number of nitrogens with one attached hydrogen (secondary N) is 2. The van der Waals surface area contributed by atoms with Crippen molar-refractivity contribution in [1.82, 2.24) is 15.6 Å². The van der Waals surface area contributed by atoms with Gasteiger partial charge in [0.15, 0.2) is 5.76 Å². The lowest BCUT2D eigenvalue weighted by Gasteiger charge is -2.20. The van der Waals surface area contributed by atoms with Gasteiger partial charge in [-0.2, -0.15) is 0 Å². The van der Waals surface area contributed by atoms with Gasteiger partial charge in [-0.15, -0.1) is 0 Å². The van der Waals surface area contributed by atoms with Crippen LogP contribution in [0.3, 0.4) is 0 Å². The number of carbonyl (C=O) groups excluding carboxylic acids is 1. The maximum absolute atomic E-state index is 13.7. The van der Waals surface area contributed by atoms with Gasteiger partial charge in [0.05, 0.1) is 11.8 Å². The molecule has 120 valence electrons. The van der Waals surface area contributed by atoms with Crippen molar-refractivity contribution < 1.29 is 18.0 Å². The highest BCUT2D eigenvalue weighted by molar-refractivity contribution is 5.90. The van der Waals surface area contributed by atoms with E-state index in [1.807, 2.05) is 0 Å². The zero-order chi connectivity index (χ0) is 16.0. The Morgan fingerprint density at radius 3 is 2.91 bits per heavy atom. The molecule has 3 atom stereocenters. The first kappa shape index (κ1) is 14.3. The Bertz CT molecular complexity index is 762. The number of benzene rings is 1. The number of carbonyl (C=O) groups is 1. The Morgan fingerprint density at radius 1 is 1.35 bits per heavy atom. The molecule has 2 N–H and O–H groups in total.